The topological polar surface area (TPSA) is 69.5 Å². The third-order valence-electron chi connectivity index (χ3n) is 7.81. The molecule has 3 aromatic rings. The first kappa shape index (κ1) is 26.9. The lowest BCUT2D eigenvalue weighted by Gasteiger charge is -2.32. The van der Waals surface area contributed by atoms with Gasteiger partial charge in [0.05, 0.1) is 12.5 Å². The molecule has 2 aromatic heterocycles. The van der Waals surface area contributed by atoms with Crippen molar-refractivity contribution in [3.63, 3.8) is 0 Å². The zero-order chi connectivity index (χ0) is 26.9. The molecule has 0 bridgehead atoms. The summed E-state index contributed by atoms with van der Waals surface area (Å²) in [6.45, 7) is 6.71. The number of aliphatic hydroxyl groups excluding tert-OH is 1. The highest BCUT2D eigenvalue weighted by Gasteiger charge is 2.30. The molecule has 1 saturated heterocycles. The summed E-state index contributed by atoms with van der Waals surface area (Å²) in [6.07, 6.45) is 1.41. The molecule has 0 amide bonds. The molecule has 5 rings (SSSR count). The second-order valence-electron chi connectivity index (χ2n) is 11.0. The van der Waals surface area contributed by atoms with Gasteiger partial charge in [-0.1, -0.05) is 24.3 Å². The zero-order valence-electron chi connectivity index (χ0n) is 22.1. The number of aromatic nitrogens is 3. The molecule has 2 fully saturated rings. The van der Waals surface area contributed by atoms with Crippen molar-refractivity contribution in [1.29, 1.82) is 0 Å². The van der Waals surface area contributed by atoms with Crippen LogP contribution in [0.3, 0.4) is 0 Å². The summed E-state index contributed by atoms with van der Waals surface area (Å²) < 4.78 is 40.7. The Morgan fingerprint density at radius 3 is 2.39 bits per heavy atom. The first-order valence-corrected chi connectivity index (χ1v) is 13.5. The van der Waals surface area contributed by atoms with Gasteiger partial charge in [0, 0.05) is 68.2 Å². The fraction of sp³-hybridized carbons (Fsp3) is 0.571. The summed E-state index contributed by atoms with van der Waals surface area (Å²) in [7, 11) is 2.16. The highest BCUT2D eigenvalue weighted by Crippen LogP contribution is 2.37. The van der Waals surface area contributed by atoms with E-state index in [-0.39, 0.29) is 18.1 Å². The first-order chi connectivity index (χ1) is 18.1. The Balaban J connectivity index is 1.42. The highest BCUT2D eigenvalue weighted by molar-refractivity contribution is 5.94. The van der Waals surface area contributed by atoms with E-state index in [0.717, 1.165) is 74.9 Å². The number of rotatable bonds is 7. The van der Waals surface area contributed by atoms with Crippen molar-refractivity contribution in [2.24, 2.45) is 0 Å². The summed E-state index contributed by atoms with van der Waals surface area (Å²) in [5.41, 5.74) is 4.04. The molecular weight excluding hydrogens is 493 g/mol. The minimum Gasteiger partial charge on any atom is -0.393 e. The quantitative estimate of drug-likeness (QED) is 0.444. The Labute approximate surface area is 221 Å². The van der Waals surface area contributed by atoms with E-state index in [2.05, 4.69) is 67.2 Å². The number of aliphatic hydroxyl groups is 1. The molecule has 3 heterocycles. The Morgan fingerprint density at radius 1 is 1.05 bits per heavy atom. The number of hydrogen-bond acceptors (Lipinski definition) is 6. The highest BCUT2D eigenvalue weighted by atomic mass is 19.4. The van der Waals surface area contributed by atoms with Crippen LogP contribution in [0.2, 0.25) is 0 Å². The maximum absolute atomic E-state index is 12.9. The van der Waals surface area contributed by atoms with Gasteiger partial charge < -0.3 is 19.9 Å². The van der Waals surface area contributed by atoms with Crippen molar-refractivity contribution in [3.05, 3.63) is 42.2 Å². The van der Waals surface area contributed by atoms with Gasteiger partial charge in [-0.3, -0.25) is 4.90 Å². The summed E-state index contributed by atoms with van der Waals surface area (Å²) >= 11 is 0. The maximum atomic E-state index is 12.9. The molecule has 0 spiro atoms. The second-order valence-corrected chi connectivity index (χ2v) is 11.0. The SMILES string of the molecule is C[C@H](CC(F)(F)F)Nc1ncc2c(-c3ccc(CN4CCN(C)CC4)cc3)cn([C@H]3CC[C@H](O)CC3)c2n1. The fourth-order valence-electron chi connectivity index (χ4n) is 5.62. The Kier molecular flexibility index (Phi) is 7.93. The van der Waals surface area contributed by atoms with E-state index in [0.29, 0.717) is 5.65 Å². The smallest absolute Gasteiger partial charge is 0.391 e. The molecule has 206 valence electrons. The number of alkyl halides is 3. The van der Waals surface area contributed by atoms with Crippen LogP contribution in [0.25, 0.3) is 22.2 Å². The van der Waals surface area contributed by atoms with Crippen LogP contribution in [0.5, 0.6) is 0 Å². The predicted octanol–water partition coefficient (Wildman–Crippen LogP) is 5.07. The molecule has 1 atom stereocenters. The van der Waals surface area contributed by atoms with Crippen LogP contribution in [-0.2, 0) is 6.54 Å². The molecule has 0 unspecified atom stereocenters. The third kappa shape index (κ3) is 6.47. The van der Waals surface area contributed by atoms with E-state index in [1.54, 1.807) is 6.20 Å². The number of fused-ring (bicyclic) bond motifs is 1. The summed E-state index contributed by atoms with van der Waals surface area (Å²) in [6, 6.07) is 7.93. The Bertz CT molecular complexity index is 1210. The van der Waals surface area contributed by atoms with Crippen molar-refractivity contribution in [1.82, 2.24) is 24.3 Å². The zero-order valence-corrected chi connectivity index (χ0v) is 22.1. The number of nitrogens with zero attached hydrogens (tertiary/aromatic N) is 5. The monoisotopic (exact) mass is 530 g/mol. The van der Waals surface area contributed by atoms with Crippen LogP contribution in [0.4, 0.5) is 19.1 Å². The van der Waals surface area contributed by atoms with E-state index in [1.165, 1.54) is 12.5 Å². The summed E-state index contributed by atoms with van der Waals surface area (Å²) in [5, 5.41) is 13.7. The van der Waals surface area contributed by atoms with Crippen LogP contribution in [0.15, 0.2) is 36.7 Å². The van der Waals surface area contributed by atoms with Crippen molar-refractivity contribution in [2.45, 2.75) is 69.9 Å². The van der Waals surface area contributed by atoms with Gasteiger partial charge in [-0.25, -0.2) is 4.98 Å². The average Bonchev–Trinajstić information content (AvgIpc) is 3.24. The van der Waals surface area contributed by atoms with Crippen LogP contribution in [0, 0.1) is 0 Å². The van der Waals surface area contributed by atoms with Gasteiger partial charge in [0.25, 0.3) is 0 Å². The molecule has 1 aromatic carbocycles. The van der Waals surface area contributed by atoms with Crippen LogP contribution >= 0.6 is 0 Å². The average molecular weight is 531 g/mol. The van der Waals surface area contributed by atoms with Crippen molar-refractivity contribution < 1.29 is 18.3 Å². The first-order valence-electron chi connectivity index (χ1n) is 13.5. The largest absolute Gasteiger partial charge is 0.393 e. The molecule has 1 saturated carbocycles. The predicted molar refractivity (Wildman–Crippen MR) is 143 cm³/mol. The normalized spacial score (nSPS) is 22.6. The second kappa shape index (κ2) is 11.2. The molecule has 7 nitrogen and oxygen atoms in total. The van der Waals surface area contributed by atoms with Gasteiger partial charge in [0.2, 0.25) is 5.95 Å². The van der Waals surface area contributed by atoms with Crippen LogP contribution in [-0.4, -0.2) is 81.0 Å². The Morgan fingerprint density at radius 2 is 1.74 bits per heavy atom. The number of benzene rings is 1. The van der Waals surface area contributed by atoms with Gasteiger partial charge in [-0.15, -0.1) is 0 Å². The molecule has 10 heteroatoms. The summed E-state index contributed by atoms with van der Waals surface area (Å²) in [4.78, 5) is 13.9. The number of nitrogens with one attached hydrogen (secondary N) is 1. The fourth-order valence-corrected chi connectivity index (χ4v) is 5.62. The standard InChI is InChI=1S/C28H37F3N6O/c1-19(15-28(29,30)31)33-27-32-16-24-25(18-37(26(24)34-27)22-7-9-23(38)10-8-22)21-5-3-20(4-6-21)17-36-13-11-35(2)12-14-36/h3-6,16,18-19,22-23,38H,7-15,17H2,1-2H3,(H,32,33,34)/t19-,22-,23-/m1/s1. The van der Waals surface area contributed by atoms with E-state index in [9.17, 15) is 18.3 Å². The maximum Gasteiger partial charge on any atom is 0.391 e. The van der Waals surface area contributed by atoms with E-state index in [4.69, 9.17) is 0 Å². The number of likely N-dealkylation sites (N-methyl/N-ethyl adjacent to an activating group) is 1. The molecular formula is C28H37F3N6O. The van der Waals surface area contributed by atoms with E-state index >= 15 is 0 Å². The summed E-state index contributed by atoms with van der Waals surface area (Å²) in [5.74, 6) is 0.193. The van der Waals surface area contributed by atoms with E-state index in [1.807, 2.05) is 0 Å². The molecule has 2 N–H and O–H groups in total. The number of hydrogen-bond donors (Lipinski definition) is 2. The van der Waals surface area contributed by atoms with Crippen LogP contribution in [0.1, 0.15) is 50.6 Å². The Hall–Kier alpha value is -2.69. The molecule has 2 aliphatic rings. The van der Waals surface area contributed by atoms with Gasteiger partial charge in [-0.05, 0) is 50.8 Å². The molecule has 1 aliphatic heterocycles. The molecule has 0 radical (unpaired) electrons. The lowest BCUT2D eigenvalue weighted by molar-refractivity contribution is -0.136. The van der Waals surface area contributed by atoms with E-state index < -0.39 is 18.6 Å². The minimum atomic E-state index is -4.26. The van der Waals surface area contributed by atoms with Crippen molar-refractivity contribution >= 4 is 17.0 Å². The minimum absolute atomic E-state index is 0.168. The van der Waals surface area contributed by atoms with Crippen molar-refractivity contribution in [2.75, 3.05) is 38.5 Å². The lowest BCUT2D eigenvalue weighted by Crippen LogP contribution is -2.43. The number of halogens is 3. The van der Waals surface area contributed by atoms with Crippen molar-refractivity contribution in [3.8, 4) is 11.1 Å². The van der Waals surface area contributed by atoms with Gasteiger partial charge >= 0.3 is 6.18 Å². The van der Waals surface area contributed by atoms with Gasteiger partial charge in [-0.2, -0.15) is 18.2 Å². The third-order valence-corrected chi connectivity index (χ3v) is 7.81. The number of anilines is 1. The molecule has 1 aliphatic carbocycles. The van der Waals surface area contributed by atoms with Gasteiger partial charge in [0.1, 0.15) is 5.65 Å². The van der Waals surface area contributed by atoms with Gasteiger partial charge in [0.15, 0.2) is 0 Å². The molecule has 38 heavy (non-hydrogen) atoms. The van der Waals surface area contributed by atoms with Crippen LogP contribution < -0.4 is 5.32 Å². The lowest BCUT2D eigenvalue weighted by atomic mass is 9.93. The number of piperazine rings is 1.